The van der Waals surface area contributed by atoms with Crippen LogP contribution in [0.25, 0.3) is 0 Å². The third kappa shape index (κ3) is 7.34. The fourth-order valence-corrected chi connectivity index (χ4v) is 5.80. The summed E-state index contributed by atoms with van der Waals surface area (Å²) >= 11 is 0. The first-order valence-electron chi connectivity index (χ1n) is 14.7. The average molecular weight is 641 g/mol. The molecule has 0 bridgehead atoms. The van der Waals surface area contributed by atoms with Crippen molar-refractivity contribution in [2.45, 2.75) is 123 Å². The van der Waals surface area contributed by atoms with Crippen LogP contribution in [0.5, 0.6) is 0 Å². The summed E-state index contributed by atoms with van der Waals surface area (Å²) in [6, 6.07) is -5.47. The highest BCUT2D eigenvalue weighted by atomic mass is 16.7. The molecule has 4 rings (SSSR count). The number of ether oxygens (including phenoxy) is 4. The molecule has 2 aliphatic carbocycles. The Morgan fingerprint density at radius 1 is 0.841 bits per heavy atom. The van der Waals surface area contributed by atoms with Crippen molar-refractivity contribution in [2.24, 2.45) is 22.9 Å². The van der Waals surface area contributed by atoms with Crippen LogP contribution in [0.3, 0.4) is 0 Å². The van der Waals surface area contributed by atoms with Gasteiger partial charge in [-0.05, 0) is 19.4 Å². The van der Waals surface area contributed by atoms with Crippen molar-refractivity contribution in [3.8, 4) is 0 Å². The van der Waals surface area contributed by atoms with E-state index in [0.29, 0.717) is 13.0 Å². The van der Waals surface area contributed by atoms with Gasteiger partial charge in [0.25, 0.3) is 5.91 Å². The van der Waals surface area contributed by atoms with E-state index in [9.17, 15) is 40.5 Å². The molecule has 0 aromatic rings. The molecule has 2 heterocycles. The van der Waals surface area contributed by atoms with Crippen LogP contribution in [0.4, 0.5) is 0 Å². The van der Waals surface area contributed by atoms with E-state index in [1.807, 2.05) is 0 Å². The van der Waals surface area contributed by atoms with Gasteiger partial charge >= 0.3 is 0 Å². The monoisotopic (exact) mass is 640 g/mol. The zero-order valence-corrected chi connectivity index (χ0v) is 24.1. The van der Waals surface area contributed by atoms with Gasteiger partial charge in [0.05, 0.1) is 24.7 Å². The van der Waals surface area contributed by atoms with E-state index >= 15 is 0 Å². The van der Waals surface area contributed by atoms with Gasteiger partial charge < -0.3 is 93.4 Å². The van der Waals surface area contributed by atoms with Crippen LogP contribution in [-0.2, 0) is 23.7 Å². The molecule has 256 valence electrons. The number of carbonyl (C=O) groups excluding carboxylic acids is 1. The van der Waals surface area contributed by atoms with Crippen molar-refractivity contribution >= 4 is 5.91 Å². The molecule has 4 aliphatic rings. The first-order valence-corrected chi connectivity index (χ1v) is 14.7. The zero-order chi connectivity index (χ0) is 32.5. The molecular formula is C25H48N6O13. The molecule has 17 atom stereocenters. The lowest BCUT2D eigenvalue weighted by Gasteiger charge is -2.49. The van der Waals surface area contributed by atoms with E-state index in [1.165, 1.54) is 0 Å². The summed E-state index contributed by atoms with van der Waals surface area (Å²) in [6.07, 6.45) is -15.2. The second-order valence-corrected chi connectivity index (χ2v) is 12.1. The first-order chi connectivity index (χ1) is 20.7. The Kier molecular flexibility index (Phi) is 11.9. The van der Waals surface area contributed by atoms with Gasteiger partial charge in [-0.2, -0.15) is 0 Å². The third-order valence-electron chi connectivity index (χ3n) is 8.84. The lowest BCUT2D eigenvalue weighted by Crippen LogP contribution is -2.70. The second-order valence-electron chi connectivity index (χ2n) is 12.1. The quantitative estimate of drug-likeness (QED) is 0.0880. The number of aliphatic hydroxyl groups is 8. The average Bonchev–Trinajstić information content (AvgIpc) is 3.62. The maximum absolute atomic E-state index is 12.9. The van der Waals surface area contributed by atoms with Gasteiger partial charge in [0.1, 0.15) is 54.9 Å². The maximum Gasteiger partial charge on any atom is 0.253 e. The van der Waals surface area contributed by atoms with Gasteiger partial charge in [0.15, 0.2) is 18.2 Å². The molecule has 0 radical (unpaired) electrons. The normalized spacial score (nSPS) is 49.5. The fraction of sp³-hybridized carbons (Fsp3) is 0.960. The Morgan fingerprint density at radius 3 is 2.09 bits per heavy atom. The van der Waals surface area contributed by atoms with Gasteiger partial charge in [-0.3, -0.25) is 4.79 Å². The largest absolute Gasteiger partial charge is 0.396 e. The minimum absolute atomic E-state index is 0.00784. The highest BCUT2D eigenvalue weighted by molar-refractivity contribution is 5.89. The van der Waals surface area contributed by atoms with Crippen molar-refractivity contribution in [1.29, 1.82) is 0 Å². The van der Waals surface area contributed by atoms with Crippen LogP contribution in [0.2, 0.25) is 0 Å². The van der Waals surface area contributed by atoms with Gasteiger partial charge in [-0.25, -0.2) is 0 Å². The van der Waals surface area contributed by atoms with Crippen LogP contribution >= 0.6 is 0 Å². The molecule has 4 fully saturated rings. The second kappa shape index (κ2) is 14.7. The molecule has 0 spiro atoms. The minimum atomic E-state index is -1.83. The zero-order valence-electron chi connectivity index (χ0n) is 24.1. The van der Waals surface area contributed by atoms with E-state index < -0.39 is 116 Å². The fourth-order valence-electron chi connectivity index (χ4n) is 5.80. The highest BCUT2D eigenvalue weighted by Crippen LogP contribution is 2.36. The van der Waals surface area contributed by atoms with Crippen LogP contribution < -0.4 is 33.6 Å². The summed E-state index contributed by atoms with van der Waals surface area (Å²) in [6.45, 7) is -0.242. The molecule has 2 saturated carbocycles. The van der Waals surface area contributed by atoms with Crippen molar-refractivity contribution < 1.29 is 64.6 Å². The molecule has 2 saturated heterocycles. The topological polar surface area (TPSA) is 344 Å². The molecule has 2 aliphatic heterocycles. The summed E-state index contributed by atoms with van der Waals surface area (Å²) in [5.41, 5.74) is 22.3. The van der Waals surface area contributed by atoms with E-state index in [4.69, 9.17) is 47.0 Å². The van der Waals surface area contributed by atoms with Gasteiger partial charge in [-0.1, -0.05) is 0 Å². The van der Waals surface area contributed by atoms with Crippen LogP contribution in [0, 0.1) is 0 Å². The number of carbonyl (C=O) groups is 1. The van der Waals surface area contributed by atoms with Gasteiger partial charge in [-0.15, -0.1) is 0 Å². The molecule has 17 unspecified atom stereocenters. The molecule has 18 N–H and O–H groups in total. The summed E-state index contributed by atoms with van der Waals surface area (Å²) in [4.78, 5) is 12.9. The molecule has 0 aromatic heterocycles. The number of nitrogens with one attached hydrogen (secondary N) is 2. The molecule has 19 heteroatoms. The molecule has 0 aromatic carbocycles. The minimum Gasteiger partial charge on any atom is -0.396 e. The summed E-state index contributed by atoms with van der Waals surface area (Å²) in [7, 11) is 0. The Morgan fingerprint density at radius 2 is 1.48 bits per heavy atom. The Hall–Kier alpha value is -1.21. The van der Waals surface area contributed by atoms with Crippen molar-refractivity contribution in [2.75, 3.05) is 26.3 Å². The Balaban J connectivity index is 1.53. The van der Waals surface area contributed by atoms with Gasteiger partial charge in [0.2, 0.25) is 0 Å². The van der Waals surface area contributed by atoms with Crippen LogP contribution in [-0.4, -0.2) is 176 Å². The number of rotatable bonds is 12. The number of nitrogens with two attached hydrogens (primary N) is 4. The smallest absolute Gasteiger partial charge is 0.253 e. The lowest BCUT2D eigenvalue weighted by molar-refractivity contribution is -0.320. The highest BCUT2D eigenvalue weighted by Gasteiger charge is 2.59. The predicted molar refractivity (Wildman–Crippen MR) is 147 cm³/mol. The summed E-state index contributed by atoms with van der Waals surface area (Å²) in [5.74, 6) is -0.834. The maximum atomic E-state index is 12.9. The van der Waals surface area contributed by atoms with E-state index in [2.05, 4.69) is 10.6 Å². The van der Waals surface area contributed by atoms with E-state index in [-0.39, 0.29) is 26.0 Å². The summed E-state index contributed by atoms with van der Waals surface area (Å²) < 4.78 is 23.3. The van der Waals surface area contributed by atoms with E-state index in [1.54, 1.807) is 0 Å². The predicted octanol–water partition coefficient (Wildman–Crippen LogP) is -8.69. The Labute approximate surface area is 253 Å². The number of hydrogen-bond acceptors (Lipinski definition) is 18. The first kappa shape index (κ1) is 35.6. The molecule has 44 heavy (non-hydrogen) atoms. The molecule has 19 nitrogen and oxygen atoms in total. The van der Waals surface area contributed by atoms with Gasteiger partial charge in [0, 0.05) is 31.7 Å². The van der Waals surface area contributed by atoms with Crippen molar-refractivity contribution in [3.05, 3.63) is 0 Å². The van der Waals surface area contributed by atoms with E-state index in [0.717, 1.165) is 0 Å². The molecular weight excluding hydrogens is 592 g/mol. The standard InChI is InChI=1S/C25H48N6O13/c26-8-4-9(31-24(39)25(40)5-12(25)27)21(44-23-18(37)13(28)15(34)11(7-33)42-23)19(38)20(8)43-22-14(29)17(36)16(35)10(41-22)6-30-2-1-3-32/h8-23,30,32-38,40H,1-7,26-29H2,(H,31,39). The SMILES string of the molecule is NC1CC(NC(=O)C2(O)CC2N)C(OC2OC(CO)C(O)C(N)C2O)C(O)C1OC1OC(CNCCCO)C(O)C(O)C1N. The summed E-state index contributed by atoms with van der Waals surface area (Å²) in [5, 5.41) is 88.1. The number of hydrogen-bond donors (Lipinski definition) is 14. The number of amides is 1. The van der Waals surface area contributed by atoms with Crippen LogP contribution in [0.1, 0.15) is 19.3 Å². The van der Waals surface area contributed by atoms with Crippen molar-refractivity contribution in [1.82, 2.24) is 10.6 Å². The molecule has 1 amide bonds. The Bertz CT molecular complexity index is 958. The van der Waals surface area contributed by atoms with Crippen LogP contribution in [0.15, 0.2) is 0 Å². The van der Waals surface area contributed by atoms with Crippen molar-refractivity contribution in [3.63, 3.8) is 0 Å². The third-order valence-corrected chi connectivity index (χ3v) is 8.84. The lowest BCUT2D eigenvalue weighted by atomic mass is 9.83. The number of aliphatic hydroxyl groups excluding tert-OH is 7.